The van der Waals surface area contributed by atoms with Crippen molar-refractivity contribution in [1.29, 1.82) is 0 Å². The largest absolute Gasteiger partial charge is 0.373 e. The van der Waals surface area contributed by atoms with Gasteiger partial charge in [-0.3, -0.25) is 0 Å². The van der Waals surface area contributed by atoms with Crippen LogP contribution in [-0.4, -0.2) is 12.5 Å². The molecule has 1 fully saturated rings. The van der Waals surface area contributed by atoms with E-state index >= 15 is 0 Å². The number of hydrogen-bond donors (Lipinski definition) is 0. The van der Waals surface area contributed by atoms with Crippen LogP contribution in [0.5, 0.6) is 0 Å². The van der Waals surface area contributed by atoms with Gasteiger partial charge in [0.2, 0.25) is 0 Å². The number of benzene rings is 1. The van der Waals surface area contributed by atoms with Gasteiger partial charge in [0.25, 0.3) is 0 Å². The minimum absolute atomic E-state index is 0.0740. The van der Waals surface area contributed by atoms with Crippen LogP contribution in [0.4, 0.5) is 0 Å². The Morgan fingerprint density at radius 3 is 2.87 bits per heavy atom. The Labute approximate surface area is 100 Å². The number of rotatable bonds is 2. The monoisotopic (exact) mass is 244 g/mol. The predicted octanol–water partition coefficient (Wildman–Crippen LogP) is 4.05. The average molecular weight is 245 g/mol. The topological polar surface area (TPSA) is 9.23 Å². The Hall–Kier alpha value is -0.240. The summed E-state index contributed by atoms with van der Waals surface area (Å²) in [5.41, 5.74) is 1.07. The fourth-order valence-corrected chi connectivity index (χ4v) is 2.61. The van der Waals surface area contributed by atoms with Crippen molar-refractivity contribution < 1.29 is 4.74 Å². The first-order valence-electron chi connectivity index (χ1n) is 5.25. The smallest absolute Gasteiger partial charge is 0.0878 e. The van der Waals surface area contributed by atoms with Gasteiger partial charge >= 0.3 is 0 Å². The number of alkyl halides is 1. The molecule has 0 aromatic heterocycles. The van der Waals surface area contributed by atoms with E-state index in [9.17, 15) is 0 Å². The van der Waals surface area contributed by atoms with E-state index < -0.39 is 0 Å². The Kier molecular flexibility index (Phi) is 3.90. The molecule has 0 aliphatic carbocycles. The molecule has 0 amide bonds. The van der Waals surface area contributed by atoms with Crippen molar-refractivity contribution in [2.45, 2.75) is 18.9 Å². The fraction of sp³-hybridized carbons (Fsp3) is 0.500. The first kappa shape index (κ1) is 11.3. The lowest BCUT2D eigenvalue weighted by Crippen LogP contribution is -2.24. The van der Waals surface area contributed by atoms with Crippen LogP contribution in [0.1, 0.15) is 24.5 Å². The molecule has 15 heavy (non-hydrogen) atoms. The van der Waals surface area contributed by atoms with Crippen LogP contribution in [0.3, 0.4) is 0 Å². The lowest BCUT2D eigenvalue weighted by molar-refractivity contribution is -0.0207. The molecule has 0 spiro atoms. The van der Waals surface area contributed by atoms with Gasteiger partial charge in [-0.25, -0.2) is 0 Å². The molecule has 1 aromatic carbocycles. The SMILES string of the molecule is ClCC1CCCOC1c1ccccc1Cl. The summed E-state index contributed by atoms with van der Waals surface area (Å²) < 4.78 is 5.78. The van der Waals surface area contributed by atoms with Gasteiger partial charge in [0, 0.05) is 23.4 Å². The molecule has 0 saturated carbocycles. The molecule has 2 rings (SSSR count). The van der Waals surface area contributed by atoms with Crippen molar-refractivity contribution in [2.24, 2.45) is 5.92 Å². The van der Waals surface area contributed by atoms with E-state index in [0.717, 1.165) is 30.0 Å². The highest BCUT2D eigenvalue weighted by atomic mass is 35.5. The Bertz CT molecular complexity index is 327. The quantitative estimate of drug-likeness (QED) is 0.714. The second-order valence-corrected chi connectivity index (χ2v) is 4.59. The molecule has 1 aliphatic heterocycles. The van der Waals surface area contributed by atoms with E-state index in [1.54, 1.807) is 0 Å². The normalized spacial score (nSPS) is 26.5. The van der Waals surface area contributed by atoms with Crippen molar-refractivity contribution >= 4 is 23.2 Å². The van der Waals surface area contributed by atoms with Crippen LogP contribution in [-0.2, 0) is 4.74 Å². The molecular formula is C12H14Cl2O. The van der Waals surface area contributed by atoms with E-state index in [2.05, 4.69) is 0 Å². The Morgan fingerprint density at radius 2 is 2.13 bits per heavy atom. The molecule has 1 aromatic rings. The van der Waals surface area contributed by atoms with Gasteiger partial charge < -0.3 is 4.74 Å². The standard InChI is InChI=1S/C12H14Cl2O/c13-8-9-4-3-7-15-12(9)10-5-1-2-6-11(10)14/h1-2,5-6,9,12H,3-4,7-8H2. The van der Waals surface area contributed by atoms with Crippen molar-refractivity contribution in [2.75, 3.05) is 12.5 Å². The molecule has 2 unspecified atom stereocenters. The molecule has 3 heteroatoms. The molecule has 0 N–H and O–H groups in total. The van der Waals surface area contributed by atoms with Gasteiger partial charge in [-0.05, 0) is 24.5 Å². The summed E-state index contributed by atoms with van der Waals surface area (Å²) in [6.45, 7) is 0.809. The molecule has 1 heterocycles. The van der Waals surface area contributed by atoms with Gasteiger partial charge in [-0.15, -0.1) is 11.6 Å². The fourth-order valence-electron chi connectivity index (χ4n) is 2.05. The summed E-state index contributed by atoms with van der Waals surface area (Å²) >= 11 is 12.1. The van der Waals surface area contributed by atoms with Crippen LogP contribution in [0.25, 0.3) is 0 Å². The first-order chi connectivity index (χ1) is 7.33. The average Bonchev–Trinajstić information content (AvgIpc) is 2.30. The molecule has 0 radical (unpaired) electrons. The second-order valence-electron chi connectivity index (χ2n) is 3.87. The third-order valence-electron chi connectivity index (χ3n) is 2.85. The molecule has 1 aliphatic rings. The minimum Gasteiger partial charge on any atom is -0.373 e. The lowest BCUT2D eigenvalue weighted by Gasteiger charge is -2.31. The molecule has 0 bridgehead atoms. The molecular weight excluding hydrogens is 231 g/mol. The van der Waals surface area contributed by atoms with E-state index in [1.165, 1.54) is 0 Å². The van der Waals surface area contributed by atoms with Crippen molar-refractivity contribution in [3.8, 4) is 0 Å². The zero-order chi connectivity index (χ0) is 10.7. The second kappa shape index (κ2) is 5.20. The molecule has 1 nitrogen and oxygen atoms in total. The minimum atomic E-state index is 0.0740. The van der Waals surface area contributed by atoms with Gasteiger partial charge in [0.05, 0.1) is 6.10 Å². The van der Waals surface area contributed by atoms with Gasteiger partial charge in [-0.1, -0.05) is 29.8 Å². The summed E-state index contributed by atoms with van der Waals surface area (Å²) in [7, 11) is 0. The Balaban J connectivity index is 2.24. The molecule has 1 saturated heterocycles. The van der Waals surface area contributed by atoms with E-state index in [1.807, 2.05) is 24.3 Å². The van der Waals surface area contributed by atoms with Gasteiger partial charge in [-0.2, -0.15) is 0 Å². The predicted molar refractivity (Wildman–Crippen MR) is 63.6 cm³/mol. The van der Waals surface area contributed by atoms with Crippen molar-refractivity contribution in [1.82, 2.24) is 0 Å². The van der Waals surface area contributed by atoms with Crippen LogP contribution in [0.15, 0.2) is 24.3 Å². The maximum absolute atomic E-state index is 6.16. The van der Waals surface area contributed by atoms with E-state index in [0.29, 0.717) is 11.8 Å². The van der Waals surface area contributed by atoms with Crippen molar-refractivity contribution in [3.05, 3.63) is 34.9 Å². The van der Waals surface area contributed by atoms with E-state index in [4.69, 9.17) is 27.9 Å². The summed E-state index contributed by atoms with van der Waals surface area (Å²) in [4.78, 5) is 0. The number of halogens is 2. The van der Waals surface area contributed by atoms with Gasteiger partial charge in [0.15, 0.2) is 0 Å². The maximum atomic E-state index is 6.16. The highest BCUT2D eigenvalue weighted by Gasteiger charge is 2.27. The molecule has 2 atom stereocenters. The third-order valence-corrected chi connectivity index (χ3v) is 3.60. The zero-order valence-electron chi connectivity index (χ0n) is 8.46. The highest BCUT2D eigenvalue weighted by molar-refractivity contribution is 6.31. The zero-order valence-corrected chi connectivity index (χ0v) is 9.97. The first-order valence-corrected chi connectivity index (χ1v) is 6.16. The number of ether oxygens (including phenoxy) is 1. The van der Waals surface area contributed by atoms with Crippen LogP contribution < -0.4 is 0 Å². The summed E-state index contributed by atoms with van der Waals surface area (Å²) in [5, 5.41) is 0.777. The highest BCUT2D eigenvalue weighted by Crippen LogP contribution is 2.37. The van der Waals surface area contributed by atoms with Crippen LogP contribution in [0, 0.1) is 5.92 Å². The van der Waals surface area contributed by atoms with Crippen LogP contribution >= 0.6 is 23.2 Å². The number of hydrogen-bond acceptors (Lipinski definition) is 1. The maximum Gasteiger partial charge on any atom is 0.0878 e. The van der Waals surface area contributed by atoms with Gasteiger partial charge in [0.1, 0.15) is 0 Å². The van der Waals surface area contributed by atoms with Crippen LogP contribution in [0.2, 0.25) is 5.02 Å². The summed E-state index contributed by atoms with van der Waals surface area (Å²) in [6, 6.07) is 7.85. The van der Waals surface area contributed by atoms with E-state index in [-0.39, 0.29) is 6.10 Å². The van der Waals surface area contributed by atoms with Crippen molar-refractivity contribution in [3.63, 3.8) is 0 Å². The summed E-state index contributed by atoms with van der Waals surface area (Å²) in [6.07, 6.45) is 2.29. The summed E-state index contributed by atoms with van der Waals surface area (Å²) in [5.74, 6) is 1.02. The molecule has 82 valence electrons. The Morgan fingerprint density at radius 1 is 1.33 bits per heavy atom. The lowest BCUT2D eigenvalue weighted by atomic mass is 9.91. The third kappa shape index (κ3) is 2.47.